The molecule has 0 fully saturated rings. The summed E-state index contributed by atoms with van der Waals surface area (Å²) in [6.45, 7) is 0. The van der Waals surface area contributed by atoms with Crippen molar-refractivity contribution in [3.05, 3.63) is 28.2 Å². The summed E-state index contributed by atoms with van der Waals surface area (Å²) < 4.78 is 49.9. The molecule has 1 rings (SSSR count). The van der Waals surface area contributed by atoms with Crippen molar-refractivity contribution >= 4 is 33.1 Å². The van der Waals surface area contributed by atoms with Crippen molar-refractivity contribution in [2.24, 2.45) is 4.47 Å². The summed E-state index contributed by atoms with van der Waals surface area (Å²) >= 11 is 2.73. The largest absolute Gasteiger partial charge is 0.417 e. The van der Waals surface area contributed by atoms with E-state index in [-0.39, 0.29) is 15.9 Å². The zero-order valence-electron chi connectivity index (χ0n) is 7.01. The van der Waals surface area contributed by atoms with Gasteiger partial charge in [0.2, 0.25) is 11.5 Å². The van der Waals surface area contributed by atoms with E-state index in [0.29, 0.717) is 5.69 Å². The highest BCUT2D eigenvalue weighted by Crippen LogP contribution is 2.35. The third kappa shape index (κ3) is 3.31. The van der Waals surface area contributed by atoms with Gasteiger partial charge in [-0.15, -0.1) is 0 Å². The molecule has 8 heteroatoms. The van der Waals surface area contributed by atoms with E-state index in [1.54, 1.807) is 0 Å². The first-order chi connectivity index (χ1) is 6.95. The number of nitrogens with one attached hydrogen (secondary N) is 1. The Hall–Kier alpha value is -0.890. The minimum Gasteiger partial charge on any atom is -0.265 e. The zero-order valence-corrected chi connectivity index (χ0v) is 9.41. The van der Waals surface area contributed by atoms with E-state index in [0.717, 1.165) is 6.07 Å². The number of benzene rings is 1. The van der Waals surface area contributed by atoms with E-state index in [9.17, 15) is 17.4 Å². The van der Waals surface area contributed by atoms with Gasteiger partial charge in [0.05, 0.1) is 11.3 Å². The number of nitrogens with zero attached hydrogens (tertiary/aromatic N) is 1. The lowest BCUT2D eigenvalue weighted by atomic mass is 10.2. The first-order valence-electron chi connectivity index (χ1n) is 3.57. The molecule has 82 valence electrons. The molecule has 0 radical (unpaired) electrons. The van der Waals surface area contributed by atoms with Crippen LogP contribution in [0.3, 0.4) is 0 Å². The molecule has 0 saturated carbocycles. The first kappa shape index (κ1) is 12.2. The smallest absolute Gasteiger partial charge is 0.265 e. The number of hydrogen-bond acceptors (Lipinski definition) is 2. The number of anilines is 1. The van der Waals surface area contributed by atoms with Crippen LogP contribution in [0.25, 0.3) is 0 Å². The van der Waals surface area contributed by atoms with Crippen molar-refractivity contribution in [1.82, 2.24) is 0 Å². The maximum Gasteiger partial charge on any atom is 0.417 e. The summed E-state index contributed by atoms with van der Waals surface area (Å²) in [4.78, 5) is 0. The van der Waals surface area contributed by atoms with Crippen LogP contribution in [-0.2, 0) is 17.6 Å². The molecule has 1 aromatic rings. The zero-order chi connectivity index (χ0) is 11.5. The second-order valence-electron chi connectivity index (χ2n) is 2.47. The summed E-state index contributed by atoms with van der Waals surface area (Å²) in [5.74, 6) is 0. The minimum atomic E-state index is -4.40. The van der Waals surface area contributed by atoms with Crippen molar-refractivity contribution in [3.63, 3.8) is 0 Å². The fourth-order valence-electron chi connectivity index (χ4n) is 0.886. The maximum absolute atomic E-state index is 12.3. The Bertz CT molecular complexity index is 417. The van der Waals surface area contributed by atoms with Gasteiger partial charge < -0.3 is 0 Å². The molecule has 0 unspecified atom stereocenters. The van der Waals surface area contributed by atoms with Crippen molar-refractivity contribution < 1.29 is 17.4 Å². The first-order valence-corrected chi connectivity index (χ1v) is 5.06. The topological polar surface area (TPSA) is 41.5 Å². The molecule has 0 bridgehead atoms. The fraction of sp³-hybridized carbons (Fsp3) is 0.143. The molecule has 0 saturated heterocycles. The third-order valence-electron chi connectivity index (χ3n) is 1.49. The highest BCUT2D eigenvalue weighted by atomic mass is 79.9. The van der Waals surface area contributed by atoms with E-state index < -0.39 is 11.7 Å². The minimum absolute atomic E-state index is 0.0616. The van der Waals surface area contributed by atoms with Gasteiger partial charge in [0.1, 0.15) is 0 Å². The highest BCUT2D eigenvalue weighted by molar-refractivity contribution is 9.10. The van der Waals surface area contributed by atoms with Crippen LogP contribution >= 0.6 is 15.9 Å². The number of alkyl halides is 3. The van der Waals surface area contributed by atoms with E-state index in [4.69, 9.17) is 0 Å². The lowest BCUT2D eigenvalue weighted by molar-refractivity contribution is -0.138. The average Bonchev–Trinajstić information content (AvgIpc) is 2.12. The number of rotatable bonds is 2. The van der Waals surface area contributed by atoms with E-state index in [2.05, 4.69) is 25.8 Å². The molecule has 0 atom stereocenters. The Morgan fingerprint density at radius 2 is 2.07 bits per heavy atom. The van der Waals surface area contributed by atoms with Gasteiger partial charge in [-0.3, -0.25) is 5.43 Å². The van der Waals surface area contributed by atoms with Gasteiger partial charge in [-0.25, -0.2) is 0 Å². The number of halogens is 4. The maximum atomic E-state index is 12.3. The van der Waals surface area contributed by atoms with Crippen LogP contribution < -0.4 is 5.43 Å². The van der Waals surface area contributed by atoms with Crippen molar-refractivity contribution in [1.29, 1.82) is 0 Å². The Balaban J connectivity index is 3.03. The quantitative estimate of drug-likeness (QED) is 0.852. The predicted octanol–water partition coefficient (Wildman–Crippen LogP) is 3.19. The van der Waals surface area contributed by atoms with Crippen molar-refractivity contribution in [2.45, 2.75) is 6.18 Å². The molecule has 3 nitrogen and oxygen atoms in total. The molecule has 1 aromatic carbocycles. The molecular formula is C7H4BrF3N2OS. The lowest BCUT2D eigenvalue weighted by Gasteiger charge is -2.09. The van der Waals surface area contributed by atoms with E-state index >= 15 is 0 Å². The molecular weight excluding hydrogens is 297 g/mol. The highest BCUT2D eigenvalue weighted by Gasteiger charge is 2.32. The fourth-order valence-corrected chi connectivity index (χ4v) is 1.63. The summed E-state index contributed by atoms with van der Waals surface area (Å²) in [6.07, 6.45) is -4.40. The summed E-state index contributed by atoms with van der Waals surface area (Å²) in [5, 5.41) is 0. The van der Waals surface area contributed by atoms with Crippen molar-refractivity contribution in [2.75, 3.05) is 5.43 Å². The predicted molar refractivity (Wildman–Crippen MR) is 53.3 cm³/mol. The van der Waals surface area contributed by atoms with Gasteiger partial charge in [-0.05, 0) is 18.2 Å². The van der Waals surface area contributed by atoms with Crippen LogP contribution in [0.15, 0.2) is 27.1 Å². The van der Waals surface area contributed by atoms with Gasteiger partial charge in [0.25, 0.3) is 0 Å². The normalized spacial score (nSPS) is 10.9. The van der Waals surface area contributed by atoms with Crippen LogP contribution in [0.1, 0.15) is 5.56 Å². The summed E-state index contributed by atoms with van der Waals surface area (Å²) in [6, 6.07) is 3.28. The van der Waals surface area contributed by atoms with Gasteiger partial charge in [-0.1, -0.05) is 20.4 Å². The molecule has 0 aliphatic carbocycles. The van der Waals surface area contributed by atoms with Gasteiger partial charge in [-0.2, -0.15) is 17.4 Å². The van der Waals surface area contributed by atoms with Gasteiger partial charge in [0.15, 0.2) is 0 Å². The van der Waals surface area contributed by atoms with Crippen LogP contribution in [-0.4, -0.2) is 4.21 Å². The molecule has 0 spiro atoms. The molecule has 1 N–H and O–H groups in total. The summed E-state index contributed by atoms with van der Waals surface area (Å²) in [7, 11) is 0. The monoisotopic (exact) mass is 300 g/mol. The van der Waals surface area contributed by atoms with E-state index in [1.807, 2.05) is 0 Å². The molecule has 0 aliphatic heterocycles. The Labute approximate surface area is 95.0 Å². The van der Waals surface area contributed by atoms with Crippen LogP contribution in [0, 0.1) is 0 Å². The lowest BCUT2D eigenvalue weighted by Crippen LogP contribution is -2.06. The standard InChI is InChI=1S/C7H4BrF3N2OS/c8-6-3-4(12-13-15-14)1-2-5(6)7(9,10)11/h1-3,12H. The van der Waals surface area contributed by atoms with Crippen LogP contribution in [0.2, 0.25) is 0 Å². The Morgan fingerprint density at radius 3 is 2.53 bits per heavy atom. The molecule has 15 heavy (non-hydrogen) atoms. The van der Waals surface area contributed by atoms with Crippen LogP contribution in [0.5, 0.6) is 0 Å². The third-order valence-corrected chi connectivity index (χ3v) is 2.31. The average molecular weight is 301 g/mol. The molecule has 0 amide bonds. The Kier molecular flexibility index (Phi) is 3.86. The summed E-state index contributed by atoms with van der Waals surface area (Å²) in [5.41, 5.74) is 1.82. The molecule has 0 aromatic heterocycles. The Morgan fingerprint density at radius 1 is 1.40 bits per heavy atom. The van der Waals surface area contributed by atoms with Gasteiger partial charge in [0, 0.05) is 4.47 Å². The number of hydrogen-bond donors (Lipinski definition) is 1. The van der Waals surface area contributed by atoms with E-state index in [1.165, 1.54) is 12.1 Å². The second kappa shape index (κ2) is 4.75. The molecule has 0 aliphatic rings. The van der Waals surface area contributed by atoms with Crippen molar-refractivity contribution in [3.8, 4) is 0 Å². The van der Waals surface area contributed by atoms with Gasteiger partial charge >= 0.3 is 6.18 Å². The second-order valence-corrected chi connectivity index (χ2v) is 3.66. The van der Waals surface area contributed by atoms with Crippen LogP contribution in [0.4, 0.5) is 18.9 Å². The molecule has 0 heterocycles. The SMILES string of the molecule is O=S=NNc1ccc(C(F)(F)F)c(Br)c1.